The van der Waals surface area contributed by atoms with Crippen LogP contribution in [0.25, 0.3) is 44.0 Å². The van der Waals surface area contributed by atoms with E-state index in [0.717, 1.165) is 27.7 Å². The number of aryl methyl sites for hydroxylation is 1. The van der Waals surface area contributed by atoms with Crippen LogP contribution in [0.5, 0.6) is 0 Å². The normalized spacial score (nSPS) is 11.2. The fourth-order valence-electron chi connectivity index (χ4n) is 3.87. The van der Waals surface area contributed by atoms with Crippen molar-refractivity contribution in [3.05, 3.63) is 107 Å². The molecule has 0 bridgehead atoms. The minimum absolute atomic E-state index is 0. The van der Waals surface area contributed by atoms with E-state index in [1.807, 2.05) is 55.5 Å². The van der Waals surface area contributed by atoms with E-state index in [1.54, 1.807) is 6.07 Å². The predicted octanol–water partition coefficient (Wildman–Crippen LogP) is 8.54. The Morgan fingerprint density at radius 1 is 0.811 bits per heavy atom. The molecule has 2 aromatic carbocycles. The van der Waals surface area contributed by atoms with Gasteiger partial charge in [0.25, 0.3) is 0 Å². The molecule has 0 saturated heterocycles. The second kappa shape index (κ2) is 13.0. The molecule has 192 valence electrons. The van der Waals surface area contributed by atoms with Crippen molar-refractivity contribution in [3.8, 4) is 11.3 Å². The zero-order chi connectivity index (χ0) is 25.7. The summed E-state index contributed by atoms with van der Waals surface area (Å²) in [6.07, 6.45) is -0.00815. The first-order chi connectivity index (χ1) is 17.3. The molecule has 0 aliphatic heterocycles. The van der Waals surface area contributed by atoms with E-state index in [-0.39, 0.29) is 26.3 Å². The summed E-state index contributed by atoms with van der Waals surface area (Å²) in [5.74, 6) is -0.555. The van der Waals surface area contributed by atoms with Gasteiger partial charge in [0, 0.05) is 11.1 Å². The number of fused-ring (bicyclic) bond motifs is 3. The Kier molecular flexibility index (Phi) is 10.1. The molecule has 37 heavy (non-hydrogen) atoms. The maximum Gasteiger partial charge on any atom is 3.00 e. The summed E-state index contributed by atoms with van der Waals surface area (Å²) in [6.45, 7) is 10.3. The number of rotatable bonds is 6. The predicted molar refractivity (Wildman–Crippen MR) is 144 cm³/mol. The average Bonchev–Trinajstić information content (AvgIpc) is 3.21. The molecular formula is C30H30FIrN4O. The van der Waals surface area contributed by atoms with Crippen LogP contribution in [0.1, 0.15) is 45.1 Å². The molecule has 0 unspecified atom stereocenters. The van der Waals surface area contributed by atoms with Crippen molar-refractivity contribution in [3.63, 3.8) is 0 Å². The fraction of sp³-hybridized carbons (Fsp3) is 0.267. The van der Waals surface area contributed by atoms with Crippen LogP contribution in [0.2, 0.25) is 0 Å². The van der Waals surface area contributed by atoms with Gasteiger partial charge in [0.1, 0.15) is 0 Å². The molecule has 5 aromatic rings. The van der Waals surface area contributed by atoms with Gasteiger partial charge in [-0.3, -0.25) is 0 Å². The molecule has 7 heteroatoms. The number of furan rings is 1. The first kappa shape index (κ1) is 28.6. The van der Waals surface area contributed by atoms with Crippen LogP contribution < -0.4 is 0 Å². The Labute approximate surface area is 231 Å². The van der Waals surface area contributed by atoms with Gasteiger partial charge in [-0.05, 0) is 30.8 Å². The van der Waals surface area contributed by atoms with Crippen LogP contribution >= 0.6 is 0 Å². The van der Waals surface area contributed by atoms with Crippen LogP contribution in [0, 0.1) is 18.9 Å². The first-order valence-electron chi connectivity index (χ1n) is 12.1. The molecule has 0 atom stereocenters. The van der Waals surface area contributed by atoms with Gasteiger partial charge >= 0.3 is 20.1 Å². The maximum atomic E-state index is 13.3. The Morgan fingerprint density at radius 3 is 2.16 bits per heavy atom. The number of hydrogen-bond acceptors (Lipinski definition) is 3. The van der Waals surface area contributed by atoms with Crippen molar-refractivity contribution in [2.45, 2.75) is 52.9 Å². The Bertz CT molecular complexity index is 1430. The topological polar surface area (TPSA) is 67.1 Å². The summed E-state index contributed by atoms with van der Waals surface area (Å²) in [7, 11) is 0. The molecule has 5 rings (SSSR count). The van der Waals surface area contributed by atoms with E-state index in [9.17, 15) is 4.39 Å². The van der Waals surface area contributed by atoms with Gasteiger partial charge in [0.15, 0.2) is 0 Å². The van der Waals surface area contributed by atoms with E-state index >= 15 is 0 Å². The number of hydrogen-bond donors (Lipinski definition) is 0. The van der Waals surface area contributed by atoms with Gasteiger partial charge in [0.05, 0.1) is 5.58 Å². The molecule has 0 fully saturated rings. The molecule has 0 amide bonds. The molecule has 0 spiro atoms. The molecular weight excluding hydrogens is 644 g/mol. The molecule has 0 aliphatic rings. The minimum atomic E-state index is -0.555. The standard InChI is InChI=1S/C17H10FN2O.C13H20N2.Ir/c1-10-4-2-7-14(19-10)13-6-3-5-11-12-8-9-15(18)20-17(12)21-16(11)13;1-10(2)14-13(15-11(3)4)12-8-6-5-7-9-12;/h2-5,7-9H,1H3;5-11,13H,1-4H3;/q-1;-2;+3. The second-order valence-corrected chi connectivity index (χ2v) is 9.12. The quantitative estimate of drug-likeness (QED) is 0.134. The van der Waals surface area contributed by atoms with E-state index in [2.05, 4.69) is 66.5 Å². The van der Waals surface area contributed by atoms with Gasteiger partial charge in [0.2, 0.25) is 11.7 Å². The third-order valence-electron chi connectivity index (χ3n) is 5.39. The van der Waals surface area contributed by atoms with Crippen molar-refractivity contribution >= 4 is 22.1 Å². The Hall–Kier alpha value is -2.96. The summed E-state index contributed by atoms with van der Waals surface area (Å²) in [6, 6.07) is 26.5. The number of halogens is 1. The molecule has 0 N–H and O–H groups in total. The van der Waals surface area contributed by atoms with Crippen molar-refractivity contribution in [2.24, 2.45) is 0 Å². The monoisotopic (exact) mass is 674 g/mol. The van der Waals surface area contributed by atoms with Gasteiger partial charge in [-0.25, -0.2) is 6.17 Å². The molecule has 3 aromatic heterocycles. The fourth-order valence-corrected chi connectivity index (χ4v) is 3.87. The maximum absolute atomic E-state index is 13.3. The summed E-state index contributed by atoms with van der Waals surface area (Å²) >= 11 is 0. The Balaban J connectivity index is 0.000000213. The summed E-state index contributed by atoms with van der Waals surface area (Å²) < 4.78 is 19.0. The summed E-state index contributed by atoms with van der Waals surface area (Å²) in [5, 5.41) is 10.9. The van der Waals surface area contributed by atoms with Crippen LogP contribution in [0.15, 0.2) is 77.2 Å². The van der Waals surface area contributed by atoms with Crippen LogP contribution in [0.3, 0.4) is 0 Å². The van der Waals surface area contributed by atoms with Gasteiger partial charge in [-0.15, -0.1) is 30.3 Å². The number of pyridine rings is 2. The van der Waals surface area contributed by atoms with Crippen molar-refractivity contribution in [1.82, 2.24) is 9.97 Å². The van der Waals surface area contributed by atoms with Crippen LogP contribution in [-0.4, -0.2) is 22.1 Å². The number of benzene rings is 2. The Morgan fingerprint density at radius 2 is 1.51 bits per heavy atom. The van der Waals surface area contributed by atoms with Gasteiger partial charge in [-0.1, -0.05) is 86.7 Å². The van der Waals surface area contributed by atoms with Gasteiger partial charge < -0.3 is 20.0 Å². The molecule has 3 heterocycles. The minimum Gasteiger partial charge on any atom is -0.672 e. The largest absolute Gasteiger partial charge is 3.00 e. The smallest absolute Gasteiger partial charge is 0.672 e. The third-order valence-corrected chi connectivity index (χ3v) is 5.39. The molecule has 5 nitrogen and oxygen atoms in total. The first-order valence-corrected chi connectivity index (χ1v) is 12.1. The summed E-state index contributed by atoms with van der Waals surface area (Å²) in [4.78, 5) is 8.29. The average molecular weight is 674 g/mol. The second-order valence-electron chi connectivity index (χ2n) is 9.12. The zero-order valence-electron chi connectivity index (χ0n) is 21.6. The van der Waals surface area contributed by atoms with Crippen LogP contribution in [0.4, 0.5) is 4.39 Å². The number of aromatic nitrogens is 2. The van der Waals surface area contributed by atoms with Crippen LogP contribution in [-0.2, 0) is 20.1 Å². The molecule has 0 aliphatic carbocycles. The SMILES string of the molecule is CC(C)[N-]C([N-]C(C)C)c1ccccc1.Cc1cccc(-c2[c-]ccc3c2oc2nc(F)ccc23)n1.[Ir+3]. The van der Waals surface area contributed by atoms with E-state index < -0.39 is 5.95 Å². The summed E-state index contributed by atoms with van der Waals surface area (Å²) in [5.41, 5.74) is 4.55. The zero-order valence-corrected chi connectivity index (χ0v) is 24.0. The van der Waals surface area contributed by atoms with E-state index in [0.29, 0.717) is 23.4 Å². The van der Waals surface area contributed by atoms with Gasteiger partial charge in [-0.2, -0.15) is 9.37 Å². The van der Waals surface area contributed by atoms with Crippen molar-refractivity contribution < 1.29 is 28.9 Å². The van der Waals surface area contributed by atoms with E-state index in [4.69, 9.17) is 4.42 Å². The van der Waals surface area contributed by atoms with E-state index in [1.165, 1.54) is 11.6 Å². The molecule has 0 saturated carbocycles. The molecule has 0 radical (unpaired) electrons. The van der Waals surface area contributed by atoms with Crippen molar-refractivity contribution in [2.75, 3.05) is 0 Å². The number of nitrogens with zero attached hydrogens (tertiary/aromatic N) is 4. The van der Waals surface area contributed by atoms with Crippen molar-refractivity contribution in [1.29, 1.82) is 0 Å². The third kappa shape index (κ3) is 7.30.